The van der Waals surface area contributed by atoms with Crippen molar-refractivity contribution in [1.82, 2.24) is 20.1 Å². The number of carbonyl (C=O) groups is 4. The molecule has 4 heterocycles. The smallest absolute Gasteiger partial charge is 0.352 e. The Kier molecular flexibility index (Phi) is 9.25. The second-order valence-electron chi connectivity index (χ2n) is 13.6. The van der Waals surface area contributed by atoms with Crippen LogP contribution in [0.1, 0.15) is 34.8 Å². The molecule has 2 atom stereocenters. The number of fused-ring (bicyclic) bond motifs is 2. The summed E-state index contributed by atoms with van der Waals surface area (Å²) in [5, 5.41) is 15.5. The number of carbonyl (C=O) groups excluding carboxylic acids is 3. The van der Waals surface area contributed by atoms with Crippen LogP contribution in [0.4, 0.5) is 10.1 Å². The minimum Gasteiger partial charge on any atom is -0.477 e. The third kappa shape index (κ3) is 6.68. The molecule has 3 aliphatic heterocycles. The Morgan fingerprint density at radius 1 is 0.981 bits per heavy atom. The van der Waals surface area contributed by atoms with Crippen molar-refractivity contribution in [3.05, 3.63) is 111 Å². The Morgan fingerprint density at radius 2 is 1.70 bits per heavy atom. The predicted molar refractivity (Wildman–Crippen MR) is 197 cm³/mol. The van der Waals surface area contributed by atoms with Gasteiger partial charge in [0.2, 0.25) is 11.3 Å². The van der Waals surface area contributed by atoms with Crippen molar-refractivity contribution in [1.29, 1.82) is 0 Å². The number of nitrogens with one attached hydrogen (secondary N) is 2. The van der Waals surface area contributed by atoms with Gasteiger partial charge in [0.15, 0.2) is 0 Å². The van der Waals surface area contributed by atoms with E-state index < -0.39 is 47.1 Å². The van der Waals surface area contributed by atoms with Crippen molar-refractivity contribution >= 4 is 52.1 Å². The topological polar surface area (TPSA) is 150 Å². The van der Waals surface area contributed by atoms with Crippen molar-refractivity contribution in [3.8, 4) is 11.1 Å². The minimum atomic E-state index is -1.38. The summed E-state index contributed by atoms with van der Waals surface area (Å²) in [4.78, 5) is 68.7. The van der Waals surface area contributed by atoms with E-state index in [9.17, 15) is 29.1 Å². The second kappa shape index (κ2) is 14.2. The molecule has 2 saturated heterocycles. The lowest BCUT2D eigenvalue weighted by Crippen LogP contribution is -2.70. The number of esters is 1. The maximum atomic E-state index is 15.4. The number of aliphatic carboxylic acids is 1. The Hall–Kier alpha value is -5.47. The number of halogens is 1. The van der Waals surface area contributed by atoms with Gasteiger partial charge in [-0.3, -0.25) is 19.3 Å². The average molecular weight is 738 g/mol. The molecule has 1 saturated carbocycles. The van der Waals surface area contributed by atoms with Gasteiger partial charge < -0.3 is 29.9 Å². The number of nitrogens with zero attached hydrogens (tertiary/aromatic N) is 3. The van der Waals surface area contributed by atoms with Crippen LogP contribution in [0.5, 0.6) is 0 Å². The summed E-state index contributed by atoms with van der Waals surface area (Å²) in [6.45, 7) is 2.20. The molecule has 53 heavy (non-hydrogen) atoms. The van der Waals surface area contributed by atoms with Gasteiger partial charge in [-0.15, -0.1) is 11.8 Å². The van der Waals surface area contributed by atoms with Crippen LogP contribution in [-0.4, -0.2) is 88.3 Å². The number of rotatable bonds is 10. The fourth-order valence-electron chi connectivity index (χ4n) is 7.19. The maximum Gasteiger partial charge on any atom is 0.352 e. The summed E-state index contributed by atoms with van der Waals surface area (Å²) in [5.74, 6) is -3.75. The average Bonchev–Trinajstić information content (AvgIpc) is 4.02. The van der Waals surface area contributed by atoms with Crippen molar-refractivity contribution < 1.29 is 33.4 Å². The molecular formula is C39H36FN5O7S. The standard InChI is InChI=1S/C39H36FN5O7S/c40-29-17-27-30(18-31(29)43-14-12-41-13-15-43)44(26-10-11-26)19-28(35(27)47)39(51)52-20-25-21-53-37-33(36(48)45(37)34(25)38(49)50)42-32(46)16-22-6-8-24(9-7-22)23-4-2-1-3-5-23/h1-9,17-19,26,33,37,41H,10-16,20-21H2,(H,42,46)(H,49,50)/t33-,37-/m1/s1. The molecule has 0 spiro atoms. The number of carboxylic acids is 1. The lowest BCUT2D eigenvalue weighted by atomic mass is 10.0. The molecule has 2 amide bonds. The van der Waals surface area contributed by atoms with Gasteiger partial charge in [0.25, 0.3) is 5.91 Å². The van der Waals surface area contributed by atoms with Gasteiger partial charge in [0, 0.05) is 55.1 Å². The number of thioether (sulfide) groups is 1. The Labute approximate surface area is 307 Å². The van der Waals surface area contributed by atoms with Gasteiger partial charge in [-0.25, -0.2) is 14.0 Å². The van der Waals surface area contributed by atoms with Gasteiger partial charge >= 0.3 is 11.9 Å². The van der Waals surface area contributed by atoms with Crippen molar-refractivity contribution in [2.75, 3.05) is 43.4 Å². The lowest BCUT2D eigenvalue weighted by Gasteiger charge is -2.49. The van der Waals surface area contributed by atoms with Gasteiger partial charge in [0.1, 0.15) is 35.1 Å². The van der Waals surface area contributed by atoms with Crippen LogP contribution in [0.25, 0.3) is 22.0 Å². The van der Waals surface area contributed by atoms with Crippen LogP contribution >= 0.6 is 11.8 Å². The molecule has 3 fully saturated rings. The number of aromatic nitrogens is 1. The van der Waals surface area contributed by atoms with Gasteiger partial charge in [-0.1, -0.05) is 54.6 Å². The monoisotopic (exact) mass is 737 g/mol. The van der Waals surface area contributed by atoms with E-state index in [1.165, 1.54) is 24.0 Å². The highest BCUT2D eigenvalue weighted by molar-refractivity contribution is 8.00. The molecule has 4 aromatic rings. The molecule has 3 N–H and O–H groups in total. The van der Waals surface area contributed by atoms with E-state index in [-0.39, 0.29) is 46.3 Å². The lowest BCUT2D eigenvalue weighted by molar-refractivity contribution is -0.150. The van der Waals surface area contributed by atoms with Crippen LogP contribution in [0, 0.1) is 5.82 Å². The summed E-state index contributed by atoms with van der Waals surface area (Å²) in [5.41, 5.74) is 2.67. The number of β-lactam (4-membered cyclic amide) rings is 1. The highest BCUT2D eigenvalue weighted by Gasteiger charge is 2.54. The molecule has 272 valence electrons. The molecule has 3 aromatic carbocycles. The molecule has 1 aromatic heterocycles. The van der Waals surface area contributed by atoms with Crippen LogP contribution in [0.2, 0.25) is 0 Å². The summed E-state index contributed by atoms with van der Waals surface area (Å²) in [6, 6.07) is 19.4. The van der Waals surface area contributed by atoms with E-state index >= 15 is 4.39 Å². The fraction of sp³-hybridized carbons (Fsp3) is 0.308. The van der Waals surface area contributed by atoms with Crippen molar-refractivity contribution in [2.24, 2.45) is 0 Å². The van der Waals surface area contributed by atoms with E-state index in [1.807, 2.05) is 64.1 Å². The first-order chi connectivity index (χ1) is 25.7. The molecule has 0 unspecified atom stereocenters. The molecular weight excluding hydrogens is 702 g/mol. The van der Waals surface area contributed by atoms with Crippen LogP contribution < -0.4 is 21.0 Å². The molecule has 0 radical (unpaired) electrons. The predicted octanol–water partition coefficient (Wildman–Crippen LogP) is 3.69. The first-order valence-corrected chi connectivity index (χ1v) is 18.6. The van der Waals surface area contributed by atoms with Gasteiger partial charge in [-0.05, 0) is 41.7 Å². The minimum absolute atomic E-state index is 0.0419. The molecule has 12 nitrogen and oxygen atoms in total. The number of ether oxygens (including phenoxy) is 1. The largest absolute Gasteiger partial charge is 0.477 e. The third-order valence-electron chi connectivity index (χ3n) is 10.1. The SMILES string of the molecule is O=C(Cc1ccc(-c2ccccc2)cc1)N[C@@H]1C(=O)N2C(C(=O)O)=C(COC(=O)c3cn(C4CC4)c4cc(N5CCNCC5)c(F)cc4c3=O)CS[C@H]12. The molecule has 8 rings (SSSR count). The Morgan fingerprint density at radius 3 is 2.40 bits per heavy atom. The normalized spacial score (nSPS) is 19.8. The number of hydrogen-bond acceptors (Lipinski definition) is 9. The maximum absolute atomic E-state index is 15.4. The zero-order valence-corrected chi connectivity index (χ0v) is 29.4. The molecule has 14 heteroatoms. The molecule has 1 aliphatic carbocycles. The number of pyridine rings is 1. The number of anilines is 1. The number of carboxylic acid groups (broad SMARTS) is 1. The number of hydrogen-bond donors (Lipinski definition) is 3. The van der Waals surface area contributed by atoms with E-state index in [0.717, 1.165) is 34.4 Å². The quantitative estimate of drug-likeness (QED) is 0.163. The Bertz CT molecular complexity index is 2230. The third-order valence-corrected chi connectivity index (χ3v) is 11.4. The van der Waals surface area contributed by atoms with E-state index in [2.05, 4.69) is 10.6 Å². The zero-order chi connectivity index (χ0) is 36.8. The highest BCUT2D eigenvalue weighted by atomic mass is 32.2. The second-order valence-corrected chi connectivity index (χ2v) is 14.7. The van der Waals surface area contributed by atoms with Crippen LogP contribution in [0.3, 0.4) is 0 Å². The van der Waals surface area contributed by atoms with Crippen LogP contribution in [-0.2, 0) is 25.5 Å². The molecule has 0 bridgehead atoms. The first-order valence-electron chi connectivity index (χ1n) is 17.5. The number of amides is 2. The van der Waals surface area contributed by atoms with E-state index in [4.69, 9.17) is 4.74 Å². The van der Waals surface area contributed by atoms with E-state index in [1.54, 1.807) is 6.07 Å². The number of benzene rings is 3. The highest BCUT2D eigenvalue weighted by Crippen LogP contribution is 2.41. The van der Waals surface area contributed by atoms with Crippen molar-refractivity contribution in [3.63, 3.8) is 0 Å². The summed E-state index contributed by atoms with van der Waals surface area (Å²) in [7, 11) is 0. The summed E-state index contributed by atoms with van der Waals surface area (Å²) < 4.78 is 22.7. The van der Waals surface area contributed by atoms with E-state index in [0.29, 0.717) is 37.4 Å². The van der Waals surface area contributed by atoms with Gasteiger partial charge in [0.05, 0.1) is 17.6 Å². The first kappa shape index (κ1) is 34.6. The molecule has 4 aliphatic rings. The summed E-state index contributed by atoms with van der Waals surface area (Å²) >= 11 is 1.25. The zero-order valence-electron chi connectivity index (χ0n) is 28.5. The van der Waals surface area contributed by atoms with Gasteiger partial charge in [-0.2, -0.15) is 0 Å². The fourth-order valence-corrected chi connectivity index (χ4v) is 8.51. The van der Waals surface area contributed by atoms with Crippen LogP contribution in [0.15, 0.2) is 89.0 Å². The Balaban J connectivity index is 0.952. The number of piperazine rings is 1. The van der Waals surface area contributed by atoms with Crippen molar-refractivity contribution in [2.45, 2.75) is 36.7 Å². The summed E-state index contributed by atoms with van der Waals surface area (Å²) in [6.07, 6.45) is 3.17.